The molecule has 0 aliphatic carbocycles. The van der Waals surface area contributed by atoms with E-state index in [2.05, 4.69) is 4.98 Å². The molecule has 1 aliphatic rings. The fourth-order valence-corrected chi connectivity index (χ4v) is 2.22. The molecule has 0 saturated carbocycles. The van der Waals surface area contributed by atoms with E-state index >= 15 is 0 Å². The van der Waals surface area contributed by atoms with Crippen molar-refractivity contribution in [1.29, 1.82) is 0 Å². The lowest BCUT2D eigenvalue weighted by Gasteiger charge is -2.28. The predicted molar refractivity (Wildman–Crippen MR) is 69.2 cm³/mol. The number of aromatic nitrogens is 1. The number of fused-ring (bicyclic) bond motifs is 1. The molecule has 3 rings (SSSR count). The van der Waals surface area contributed by atoms with Crippen LogP contribution in [0.15, 0.2) is 36.5 Å². The molecule has 2 atom stereocenters. The Labute approximate surface area is 106 Å². The molecule has 0 spiro atoms. The SMILES string of the molecule is NC(c1ccc2cccnc2c1)C1COCCO1. The van der Waals surface area contributed by atoms with Gasteiger partial charge in [0, 0.05) is 11.6 Å². The van der Waals surface area contributed by atoms with E-state index in [0.717, 1.165) is 16.5 Å². The molecule has 1 saturated heterocycles. The smallest absolute Gasteiger partial charge is 0.100 e. The minimum Gasteiger partial charge on any atom is -0.376 e. The van der Waals surface area contributed by atoms with Gasteiger partial charge in [0.05, 0.1) is 31.4 Å². The highest BCUT2D eigenvalue weighted by atomic mass is 16.6. The second-order valence-corrected chi connectivity index (χ2v) is 4.47. The third-order valence-corrected chi connectivity index (χ3v) is 3.26. The van der Waals surface area contributed by atoms with Crippen molar-refractivity contribution in [1.82, 2.24) is 4.98 Å². The fraction of sp³-hybridized carbons (Fsp3) is 0.357. The number of benzene rings is 1. The normalized spacial score (nSPS) is 21.9. The molecule has 1 aromatic carbocycles. The summed E-state index contributed by atoms with van der Waals surface area (Å²) in [5.74, 6) is 0. The Balaban J connectivity index is 1.88. The van der Waals surface area contributed by atoms with Crippen molar-refractivity contribution in [2.75, 3.05) is 19.8 Å². The van der Waals surface area contributed by atoms with E-state index in [4.69, 9.17) is 15.2 Å². The molecule has 1 aliphatic heterocycles. The van der Waals surface area contributed by atoms with Gasteiger partial charge in [0.25, 0.3) is 0 Å². The number of rotatable bonds is 2. The van der Waals surface area contributed by atoms with Gasteiger partial charge in [-0.2, -0.15) is 0 Å². The quantitative estimate of drug-likeness (QED) is 0.872. The van der Waals surface area contributed by atoms with Crippen LogP contribution in [-0.4, -0.2) is 30.9 Å². The van der Waals surface area contributed by atoms with E-state index in [9.17, 15) is 0 Å². The molecular weight excluding hydrogens is 228 g/mol. The van der Waals surface area contributed by atoms with Crippen LogP contribution < -0.4 is 5.73 Å². The zero-order valence-electron chi connectivity index (χ0n) is 10.1. The third kappa shape index (κ3) is 2.22. The van der Waals surface area contributed by atoms with Gasteiger partial charge in [-0.1, -0.05) is 18.2 Å². The summed E-state index contributed by atoms with van der Waals surface area (Å²) in [5.41, 5.74) is 8.23. The Morgan fingerprint density at radius 3 is 3.06 bits per heavy atom. The molecule has 1 aromatic heterocycles. The van der Waals surface area contributed by atoms with E-state index in [1.807, 2.05) is 30.3 Å². The maximum Gasteiger partial charge on any atom is 0.100 e. The van der Waals surface area contributed by atoms with Gasteiger partial charge in [-0.3, -0.25) is 4.98 Å². The van der Waals surface area contributed by atoms with Crippen molar-refractivity contribution < 1.29 is 9.47 Å². The molecule has 18 heavy (non-hydrogen) atoms. The Morgan fingerprint density at radius 2 is 2.22 bits per heavy atom. The number of hydrogen-bond donors (Lipinski definition) is 1. The zero-order chi connectivity index (χ0) is 12.4. The molecule has 0 radical (unpaired) electrons. The van der Waals surface area contributed by atoms with Gasteiger partial charge < -0.3 is 15.2 Å². The Morgan fingerprint density at radius 1 is 1.28 bits per heavy atom. The van der Waals surface area contributed by atoms with E-state index in [0.29, 0.717) is 19.8 Å². The molecule has 0 amide bonds. The lowest BCUT2D eigenvalue weighted by molar-refractivity contribution is -0.0975. The first kappa shape index (κ1) is 11.6. The third-order valence-electron chi connectivity index (χ3n) is 3.26. The van der Waals surface area contributed by atoms with Crippen LogP contribution in [0.3, 0.4) is 0 Å². The molecule has 2 aromatic rings. The molecule has 2 heterocycles. The average molecular weight is 244 g/mol. The average Bonchev–Trinajstić information content (AvgIpc) is 2.47. The second-order valence-electron chi connectivity index (χ2n) is 4.47. The summed E-state index contributed by atoms with van der Waals surface area (Å²) in [6, 6.07) is 9.90. The maximum atomic E-state index is 6.23. The Hall–Kier alpha value is -1.49. The Bertz CT molecular complexity index is 538. The number of nitrogens with zero attached hydrogens (tertiary/aromatic N) is 1. The summed E-state index contributed by atoms with van der Waals surface area (Å²) in [6.07, 6.45) is 1.72. The lowest BCUT2D eigenvalue weighted by atomic mass is 10.0. The van der Waals surface area contributed by atoms with Gasteiger partial charge in [-0.15, -0.1) is 0 Å². The first-order valence-corrected chi connectivity index (χ1v) is 6.14. The first-order chi connectivity index (χ1) is 8.84. The molecule has 0 bridgehead atoms. The molecule has 94 valence electrons. The van der Waals surface area contributed by atoms with Crippen LogP contribution in [0, 0.1) is 0 Å². The van der Waals surface area contributed by atoms with E-state index in [-0.39, 0.29) is 12.1 Å². The van der Waals surface area contributed by atoms with Crippen LogP contribution in [0.5, 0.6) is 0 Å². The predicted octanol–water partition coefficient (Wildman–Crippen LogP) is 1.65. The van der Waals surface area contributed by atoms with Crippen molar-refractivity contribution in [2.24, 2.45) is 5.73 Å². The number of hydrogen-bond acceptors (Lipinski definition) is 4. The van der Waals surface area contributed by atoms with E-state index in [1.165, 1.54) is 0 Å². The van der Waals surface area contributed by atoms with Crippen molar-refractivity contribution >= 4 is 10.9 Å². The minimum absolute atomic E-state index is 0.0695. The number of ether oxygens (including phenoxy) is 2. The van der Waals surface area contributed by atoms with Crippen molar-refractivity contribution in [3.05, 3.63) is 42.1 Å². The van der Waals surface area contributed by atoms with Gasteiger partial charge in [-0.05, 0) is 17.7 Å². The van der Waals surface area contributed by atoms with Crippen LogP contribution in [0.1, 0.15) is 11.6 Å². The second kappa shape index (κ2) is 5.02. The first-order valence-electron chi connectivity index (χ1n) is 6.14. The van der Waals surface area contributed by atoms with Gasteiger partial charge in [0.2, 0.25) is 0 Å². The number of pyridine rings is 1. The monoisotopic (exact) mass is 244 g/mol. The van der Waals surface area contributed by atoms with Crippen LogP contribution in [0.4, 0.5) is 0 Å². The van der Waals surface area contributed by atoms with Gasteiger partial charge in [0.1, 0.15) is 6.10 Å². The summed E-state index contributed by atoms with van der Waals surface area (Å²) in [5, 5.41) is 1.12. The van der Waals surface area contributed by atoms with Crippen molar-refractivity contribution in [3.8, 4) is 0 Å². The maximum absolute atomic E-state index is 6.23. The topological polar surface area (TPSA) is 57.4 Å². The molecule has 1 fully saturated rings. The van der Waals surface area contributed by atoms with Crippen molar-refractivity contribution in [2.45, 2.75) is 12.1 Å². The van der Waals surface area contributed by atoms with Crippen LogP contribution in [-0.2, 0) is 9.47 Å². The highest BCUT2D eigenvalue weighted by Crippen LogP contribution is 2.22. The molecule has 4 nitrogen and oxygen atoms in total. The van der Waals surface area contributed by atoms with Gasteiger partial charge in [-0.25, -0.2) is 0 Å². The lowest BCUT2D eigenvalue weighted by Crippen LogP contribution is -2.37. The summed E-state index contributed by atoms with van der Waals surface area (Å²) in [4.78, 5) is 4.34. The van der Waals surface area contributed by atoms with Crippen molar-refractivity contribution in [3.63, 3.8) is 0 Å². The van der Waals surface area contributed by atoms with E-state index in [1.54, 1.807) is 6.20 Å². The Kier molecular flexibility index (Phi) is 3.23. The summed E-state index contributed by atoms with van der Waals surface area (Å²) in [6.45, 7) is 1.83. The minimum atomic E-state index is -0.170. The highest BCUT2D eigenvalue weighted by molar-refractivity contribution is 5.79. The standard InChI is InChI=1S/C14H16N2O2/c15-14(13-9-17-6-7-18-13)11-4-3-10-2-1-5-16-12(10)8-11/h1-5,8,13-14H,6-7,9,15H2. The fourth-order valence-electron chi connectivity index (χ4n) is 2.22. The molecule has 2 N–H and O–H groups in total. The van der Waals surface area contributed by atoms with Crippen LogP contribution >= 0.6 is 0 Å². The summed E-state index contributed by atoms with van der Waals surface area (Å²) < 4.78 is 11.0. The molecular formula is C14H16N2O2. The summed E-state index contributed by atoms with van der Waals surface area (Å²) >= 11 is 0. The number of nitrogens with two attached hydrogens (primary N) is 1. The van der Waals surface area contributed by atoms with Gasteiger partial charge >= 0.3 is 0 Å². The largest absolute Gasteiger partial charge is 0.376 e. The van der Waals surface area contributed by atoms with Gasteiger partial charge in [0.15, 0.2) is 0 Å². The van der Waals surface area contributed by atoms with Crippen LogP contribution in [0.2, 0.25) is 0 Å². The van der Waals surface area contributed by atoms with Crippen LogP contribution in [0.25, 0.3) is 10.9 Å². The zero-order valence-corrected chi connectivity index (χ0v) is 10.1. The molecule has 4 heteroatoms. The van der Waals surface area contributed by atoms with E-state index < -0.39 is 0 Å². The molecule has 2 unspecified atom stereocenters. The summed E-state index contributed by atoms with van der Waals surface area (Å²) in [7, 11) is 0. The highest BCUT2D eigenvalue weighted by Gasteiger charge is 2.23.